The molecule has 0 saturated carbocycles. The van der Waals surface area contributed by atoms with E-state index in [1.807, 2.05) is 6.92 Å². The summed E-state index contributed by atoms with van der Waals surface area (Å²) < 4.78 is 36.6. The van der Waals surface area contributed by atoms with E-state index in [4.69, 9.17) is 11.6 Å². The average molecular weight is 269 g/mol. The minimum atomic E-state index is -4.28. The van der Waals surface area contributed by atoms with Crippen molar-refractivity contribution in [3.05, 3.63) is 28.8 Å². The van der Waals surface area contributed by atoms with Crippen molar-refractivity contribution in [1.29, 1.82) is 0 Å². The highest BCUT2D eigenvalue weighted by molar-refractivity contribution is 8.00. The molecule has 0 aliphatic carbocycles. The molecule has 0 aromatic heterocycles. The van der Waals surface area contributed by atoms with Crippen molar-refractivity contribution in [2.75, 3.05) is 0 Å². The van der Waals surface area contributed by atoms with Crippen LogP contribution in [-0.2, 0) is 6.42 Å². The lowest BCUT2D eigenvalue weighted by atomic mass is 10.1. The molecule has 5 heteroatoms. The summed E-state index contributed by atoms with van der Waals surface area (Å²) >= 11 is 5.56. The molecular weight excluding hydrogens is 257 g/mol. The van der Waals surface area contributed by atoms with Crippen LogP contribution in [0, 0.1) is 0 Å². The van der Waals surface area contributed by atoms with Gasteiger partial charge in [-0.15, -0.1) is 0 Å². The Hall–Kier alpha value is -0.350. The van der Waals surface area contributed by atoms with E-state index in [1.54, 1.807) is 6.07 Å². The highest BCUT2D eigenvalue weighted by atomic mass is 35.5. The summed E-state index contributed by atoms with van der Waals surface area (Å²) in [4.78, 5) is 0.0859. The van der Waals surface area contributed by atoms with E-state index < -0.39 is 5.51 Å². The van der Waals surface area contributed by atoms with E-state index in [-0.39, 0.29) is 21.7 Å². The van der Waals surface area contributed by atoms with Gasteiger partial charge < -0.3 is 0 Å². The van der Waals surface area contributed by atoms with E-state index in [0.717, 1.165) is 24.8 Å². The number of benzene rings is 1. The zero-order valence-corrected chi connectivity index (χ0v) is 10.3. The Kier molecular flexibility index (Phi) is 4.99. The smallest absolute Gasteiger partial charge is 0.160 e. The van der Waals surface area contributed by atoms with Crippen LogP contribution in [0.15, 0.2) is 23.1 Å². The monoisotopic (exact) mass is 268 g/mol. The second kappa shape index (κ2) is 5.82. The maximum absolute atomic E-state index is 12.2. The first kappa shape index (κ1) is 13.7. The fourth-order valence-electron chi connectivity index (χ4n) is 1.29. The third kappa shape index (κ3) is 4.66. The van der Waals surface area contributed by atoms with Gasteiger partial charge in [0.25, 0.3) is 0 Å². The molecule has 0 bridgehead atoms. The van der Waals surface area contributed by atoms with Crippen molar-refractivity contribution in [2.45, 2.75) is 36.6 Å². The molecule has 0 nitrogen and oxygen atoms in total. The highest BCUT2D eigenvalue weighted by Gasteiger charge is 2.30. The summed E-state index contributed by atoms with van der Waals surface area (Å²) in [6, 6.07) is 4.83. The number of unbranched alkanes of at least 4 members (excludes halogenated alkanes) is 1. The average Bonchev–Trinajstić information content (AvgIpc) is 2.17. The molecule has 0 spiro atoms. The number of rotatable bonds is 4. The summed E-state index contributed by atoms with van der Waals surface area (Å²) in [7, 11) is 0. The van der Waals surface area contributed by atoms with Crippen LogP contribution in [0.25, 0.3) is 0 Å². The predicted molar refractivity (Wildman–Crippen MR) is 62.0 cm³/mol. The molecule has 0 aliphatic heterocycles. The lowest BCUT2D eigenvalue weighted by Crippen LogP contribution is -1.99. The lowest BCUT2D eigenvalue weighted by Gasteiger charge is -2.09. The molecule has 0 radical (unpaired) electrons. The third-order valence-electron chi connectivity index (χ3n) is 2.04. The molecule has 16 heavy (non-hydrogen) atoms. The maximum atomic E-state index is 12.2. The normalized spacial score (nSPS) is 11.8. The second-order valence-corrected chi connectivity index (χ2v) is 4.93. The summed E-state index contributed by atoms with van der Waals surface area (Å²) in [5.41, 5.74) is -3.38. The number of halogens is 4. The van der Waals surface area contributed by atoms with Crippen LogP contribution in [0.1, 0.15) is 25.3 Å². The molecule has 0 saturated heterocycles. The first-order valence-electron chi connectivity index (χ1n) is 4.96. The summed E-state index contributed by atoms with van der Waals surface area (Å²) in [6.07, 6.45) is 2.78. The summed E-state index contributed by atoms with van der Waals surface area (Å²) in [6.45, 7) is 2.04. The standard InChI is InChI=1S/C11H12ClF3S/c1-2-3-4-8-5-6-9(12)10(7-8)16-11(13,14)15/h5-7H,2-4H2,1H3. The van der Waals surface area contributed by atoms with Gasteiger partial charge in [-0.05, 0) is 42.3 Å². The Morgan fingerprint density at radius 3 is 2.56 bits per heavy atom. The Morgan fingerprint density at radius 2 is 2.00 bits per heavy atom. The third-order valence-corrected chi connectivity index (χ3v) is 3.27. The van der Waals surface area contributed by atoms with Crippen molar-refractivity contribution in [2.24, 2.45) is 0 Å². The van der Waals surface area contributed by atoms with Crippen LogP contribution < -0.4 is 0 Å². The van der Waals surface area contributed by atoms with E-state index >= 15 is 0 Å². The molecule has 0 heterocycles. The van der Waals surface area contributed by atoms with Crippen molar-refractivity contribution in [1.82, 2.24) is 0 Å². The molecule has 1 rings (SSSR count). The van der Waals surface area contributed by atoms with Crippen LogP contribution in [0.3, 0.4) is 0 Å². The zero-order valence-electron chi connectivity index (χ0n) is 8.77. The summed E-state index contributed by atoms with van der Waals surface area (Å²) in [5, 5.41) is 0.155. The minimum Gasteiger partial charge on any atom is -0.160 e. The van der Waals surface area contributed by atoms with Crippen molar-refractivity contribution >= 4 is 23.4 Å². The molecule has 0 aliphatic rings. The first-order chi connectivity index (χ1) is 7.42. The quantitative estimate of drug-likeness (QED) is 0.668. The lowest BCUT2D eigenvalue weighted by molar-refractivity contribution is -0.0328. The zero-order chi connectivity index (χ0) is 12.2. The molecule has 0 amide bonds. The Labute approximate surface area is 102 Å². The molecule has 1 aromatic rings. The first-order valence-corrected chi connectivity index (χ1v) is 6.16. The predicted octanol–water partition coefficient (Wildman–Crippen LogP) is 5.29. The van der Waals surface area contributed by atoms with Gasteiger partial charge in [0.1, 0.15) is 0 Å². The van der Waals surface area contributed by atoms with Gasteiger partial charge in [-0.3, -0.25) is 0 Å². The number of alkyl halides is 3. The number of thioether (sulfide) groups is 1. The topological polar surface area (TPSA) is 0 Å². The Bertz CT molecular complexity index is 350. The van der Waals surface area contributed by atoms with Crippen molar-refractivity contribution < 1.29 is 13.2 Å². The Balaban J connectivity index is 2.82. The van der Waals surface area contributed by atoms with Crippen LogP contribution in [0.4, 0.5) is 13.2 Å². The number of hydrogen-bond acceptors (Lipinski definition) is 1. The molecule has 1 aromatic carbocycles. The van der Waals surface area contributed by atoms with Gasteiger partial charge in [0.15, 0.2) is 0 Å². The van der Waals surface area contributed by atoms with Crippen LogP contribution >= 0.6 is 23.4 Å². The molecule has 0 fully saturated rings. The van der Waals surface area contributed by atoms with Crippen molar-refractivity contribution in [3.8, 4) is 0 Å². The van der Waals surface area contributed by atoms with E-state index in [0.29, 0.717) is 0 Å². The molecular formula is C11H12ClF3S. The van der Waals surface area contributed by atoms with Gasteiger partial charge in [-0.2, -0.15) is 13.2 Å². The summed E-state index contributed by atoms with van der Waals surface area (Å²) in [5.74, 6) is 0. The van der Waals surface area contributed by atoms with Gasteiger partial charge in [-0.1, -0.05) is 31.0 Å². The molecule has 90 valence electrons. The number of aryl methyl sites for hydroxylation is 1. The van der Waals surface area contributed by atoms with Crippen LogP contribution in [0.5, 0.6) is 0 Å². The largest absolute Gasteiger partial charge is 0.446 e. The van der Waals surface area contributed by atoms with E-state index in [9.17, 15) is 13.2 Å². The van der Waals surface area contributed by atoms with Gasteiger partial charge in [0.05, 0.1) is 5.02 Å². The molecule has 0 atom stereocenters. The SMILES string of the molecule is CCCCc1ccc(Cl)c(SC(F)(F)F)c1. The second-order valence-electron chi connectivity index (χ2n) is 3.42. The Morgan fingerprint density at radius 1 is 1.31 bits per heavy atom. The highest BCUT2D eigenvalue weighted by Crippen LogP contribution is 2.40. The van der Waals surface area contributed by atoms with E-state index in [2.05, 4.69) is 0 Å². The van der Waals surface area contributed by atoms with Gasteiger partial charge in [0, 0.05) is 4.90 Å². The van der Waals surface area contributed by atoms with Gasteiger partial charge in [-0.25, -0.2) is 0 Å². The minimum absolute atomic E-state index is 0.0859. The van der Waals surface area contributed by atoms with Gasteiger partial charge in [0.2, 0.25) is 0 Å². The van der Waals surface area contributed by atoms with Crippen molar-refractivity contribution in [3.63, 3.8) is 0 Å². The number of hydrogen-bond donors (Lipinski definition) is 0. The fourth-order valence-corrected chi connectivity index (χ4v) is 2.15. The molecule has 0 unspecified atom stereocenters. The van der Waals surface area contributed by atoms with Crippen LogP contribution in [-0.4, -0.2) is 5.51 Å². The maximum Gasteiger partial charge on any atom is 0.446 e. The van der Waals surface area contributed by atoms with Gasteiger partial charge >= 0.3 is 5.51 Å². The molecule has 0 N–H and O–H groups in total. The fraction of sp³-hybridized carbons (Fsp3) is 0.455. The van der Waals surface area contributed by atoms with E-state index in [1.165, 1.54) is 12.1 Å². The van der Waals surface area contributed by atoms with Crippen LogP contribution in [0.2, 0.25) is 5.02 Å².